The first-order chi connectivity index (χ1) is 11.7. The lowest BCUT2D eigenvalue weighted by atomic mass is 10.1. The van der Waals surface area contributed by atoms with Crippen LogP contribution in [-0.2, 0) is 0 Å². The summed E-state index contributed by atoms with van der Waals surface area (Å²) in [5, 5.41) is 6.24. The molecule has 1 aromatic carbocycles. The second-order valence-corrected chi connectivity index (χ2v) is 6.23. The third-order valence-electron chi connectivity index (χ3n) is 4.34. The third kappa shape index (κ3) is 4.54. The molecule has 1 aliphatic carbocycles. The fraction of sp³-hybridized carbons (Fsp3) is 0.368. The van der Waals surface area contributed by atoms with Crippen LogP contribution in [0.2, 0.25) is 0 Å². The van der Waals surface area contributed by atoms with Crippen LogP contribution in [-0.4, -0.2) is 16.9 Å². The molecule has 2 aromatic rings. The van der Waals surface area contributed by atoms with Crippen molar-refractivity contribution in [2.45, 2.75) is 44.6 Å². The second-order valence-electron chi connectivity index (χ2n) is 6.23. The Labute approximate surface area is 141 Å². The van der Waals surface area contributed by atoms with Gasteiger partial charge in [0.15, 0.2) is 0 Å². The van der Waals surface area contributed by atoms with E-state index in [4.69, 9.17) is 0 Å². The molecule has 1 saturated carbocycles. The average Bonchev–Trinajstić information content (AvgIpc) is 2.86. The van der Waals surface area contributed by atoms with E-state index in [1.165, 1.54) is 62.8 Å². The van der Waals surface area contributed by atoms with Crippen LogP contribution in [0.1, 0.15) is 48.9 Å². The maximum atomic E-state index is 12.9. The van der Waals surface area contributed by atoms with E-state index in [2.05, 4.69) is 15.6 Å². The van der Waals surface area contributed by atoms with Crippen molar-refractivity contribution in [1.29, 1.82) is 0 Å². The summed E-state index contributed by atoms with van der Waals surface area (Å²) in [5.74, 6) is -0.179. The van der Waals surface area contributed by atoms with Crippen LogP contribution in [0.3, 0.4) is 0 Å². The van der Waals surface area contributed by atoms with Crippen LogP contribution in [0, 0.1) is 5.82 Å². The van der Waals surface area contributed by atoms with Crippen LogP contribution in [0.15, 0.2) is 42.6 Å². The van der Waals surface area contributed by atoms with Crippen molar-refractivity contribution in [3.63, 3.8) is 0 Å². The van der Waals surface area contributed by atoms with Gasteiger partial charge >= 0.3 is 0 Å². The number of hydrogen-bond donors (Lipinski definition) is 2. The molecule has 5 heteroatoms. The lowest BCUT2D eigenvalue weighted by Crippen LogP contribution is -2.18. The molecule has 1 fully saturated rings. The molecule has 0 spiro atoms. The quantitative estimate of drug-likeness (QED) is 0.806. The molecule has 0 aliphatic heterocycles. The summed E-state index contributed by atoms with van der Waals surface area (Å²) in [4.78, 5) is 16.4. The van der Waals surface area contributed by atoms with Gasteiger partial charge in [0.05, 0.1) is 11.9 Å². The van der Waals surface area contributed by atoms with Gasteiger partial charge in [-0.2, -0.15) is 0 Å². The van der Waals surface area contributed by atoms with Gasteiger partial charge in [-0.25, -0.2) is 9.37 Å². The van der Waals surface area contributed by atoms with Gasteiger partial charge in [0.25, 0.3) is 5.91 Å². The van der Waals surface area contributed by atoms with Gasteiger partial charge in [-0.15, -0.1) is 0 Å². The number of carbonyl (C=O) groups is 1. The van der Waals surface area contributed by atoms with Gasteiger partial charge in [-0.3, -0.25) is 4.79 Å². The normalized spacial score (nSPS) is 15.5. The molecule has 1 amide bonds. The standard InChI is InChI=1S/C19H22FN3O/c20-15-9-7-14(8-10-15)19(24)23-18-12-11-17(13-21-18)22-16-5-3-1-2-4-6-16/h7-13,16,22H,1-6H2,(H,21,23,24). The maximum absolute atomic E-state index is 12.9. The fourth-order valence-corrected chi connectivity index (χ4v) is 3.00. The number of nitrogens with zero attached hydrogens (tertiary/aromatic N) is 1. The summed E-state index contributed by atoms with van der Waals surface area (Å²) >= 11 is 0. The third-order valence-corrected chi connectivity index (χ3v) is 4.34. The number of halogens is 1. The minimum absolute atomic E-state index is 0.299. The van der Waals surface area contributed by atoms with E-state index in [9.17, 15) is 9.18 Å². The summed E-state index contributed by atoms with van der Waals surface area (Å²) in [5.41, 5.74) is 1.38. The monoisotopic (exact) mass is 327 g/mol. The van der Waals surface area contributed by atoms with E-state index in [1.54, 1.807) is 12.3 Å². The van der Waals surface area contributed by atoms with Gasteiger partial charge in [0.1, 0.15) is 11.6 Å². The second kappa shape index (κ2) is 7.90. The van der Waals surface area contributed by atoms with Gasteiger partial charge in [0, 0.05) is 11.6 Å². The predicted molar refractivity (Wildman–Crippen MR) is 93.7 cm³/mol. The Morgan fingerprint density at radius 2 is 1.71 bits per heavy atom. The Bertz CT molecular complexity index is 662. The van der Waals surface area contributed by atoms with Gasteiger partial charge in [-0.05, 0) is 49.2 Å². The van der Waals surface area contributed by atoms with Crippen molar-refractivity contribution in [3.05, 3.63) is 54.0 Å². The van der Waals surface area contributed by atoms with E-state index in [0.717, 1.165) is 5.69 Å². The number of rotatable bonds is 4. The predicted octanol–water partition coefficient (Wildman–Crippen LogP) is 4.61. The Morgan fingerprint density at radius 1 is 1.00 bits per heavy atom. The van der Waals surface area contributed by atoms with E-state index < -0.39 is 0 Å². The molecular weight excluding hydrogens is 305 g/mol. The molecule has 0 atom stereocenters. The average molecular weight is 327 g/mol. The highest BCUT2D eigenvalue weighted by molar-refractivity contribution is 6.03. The minimum Gasteiger partial charge on any atom is -0.381 e. The molecular formula is C19H22FN3O. The molecule has 0 unspecified atom stereocenters. The molecule has 2 N–H and O–H groups in total. The van der Waals surface area contributed by atoms with Crippen molar-refractivity contribution in [2.75, 3.05) is 10.6 Å². The molecule has 1 aliphatic rings. The molecule has 3 rings (SSSR count). The van der Waals surface area contributed by atoms with Crippen LogP contribution in [0.25, 0.3) is 0 Å². The minimum atomic E-state index is -0.362. The number of pyridine rings is 1. The number of hydrogen-bond acceptors (Lipinski definition) is 3. The Morgan fingerprint density at radius 3 is 2.33 bits per heavy atom. The van der Waals surface area contributed by atoms with Gasteiger partial charge < -0.3 is 10.6 Å². The summed E-state index contributed by atoms with van der Waals surface area (Å²) in [7, 11) is 0. The molecule has 126 valence electrons. The first-order valence-electron chi connectivity index (χ1n) is 8.50. The first-order valence-corrected chi connectivity index (χ1v) is 8.50. The van der Waals surface area contributed by atoms with Gasteiger partial charge in [0.2, 0.25) is 0 Å². The SMILES string of the molecule is O=C(Nc1ccc(NC2CCCCCC2)cn1)c1ccc(F)cc1. The van der Waals surface area contributed by atoms with Crippen molar-refractivity contribution < 1.29 is 9.18 Å². The molecule has 1 heterocycles. The number of nitrogens with one attached hydrogen (secondary N) is 2. The lowest BCUT2D eigenvalue weighted by Gasteiger charge is -2.17. The van der Waals surface area contributed by atoms with Crippen LogP contribution in [0.5, 0.6) is 0 Å². The van der Waals surface area contributed by atoms with E-state index >= 15 is 0 Å². The zero-order valence-corrected chi connectivity index (χ0v) is 13.6. The Balaban J connectivity index is 1.57. The van der Waals surface area contributed by atoms with E-state index in [0.29, 0.717) is 17.4 Å². The smallest absolute Gasteiger partial charge is 0.256 e. The summed E-state index contributed by atoms with van der Waals surface area (Å²) in [6.45, 7) is 0. The maximum Gasteiger partial charge on any atom is 0.256 e. The first kappa shape index (κ1) is 16.4. The summed E-state index contributed by atoms with van der Waals surface area (Å²) < 4.78 is 12.9. The van der Waals surface area contributed by atoms with E-state index in [1.807, 2.05) is 6.07 Å². The van der Waals surface area contributed by atoms with Crippen molar-refractivity contribution >= 4 is 17.4 Å². The van der Waals surface area contributed by atoms with Crippen molar-refractivity contribution in [2.24, 2.45) is 0 Å². The Hall–Kier alpha value is -2.43. The summed E-state index contributed by atoms with van der Waals surface area (Å²) in [6, 6.07) is 9.65. The zero-order valence-electron chi connectivity index (χ0n) is 13.6. The highest BCUT2D eigenvalue weighted by Crippen LogP contribution is 2.21. The van der Waals surface area contributed by atoms with Crippen LogP contribution < -0.4 is 10.6 Å². The van der Waals surface area contributed by atoms with Crippen LogP contribution in [0.4, 0.5) is 15.9 Å². The molecule has 0 saturated heterocycles. The van der Waals surface area contributed by atoms with Crippen molar-refractivity contribution in [1.82, 2.24) is 4.98 Å². The lowest BCUT2D eigenvalue weighted by molar-refractivity contribution is 0.102. The van der Waals surface area contributed by atoms with E-state index in [-0.39, 0.29) is 11.7 Å². The zero-order chi connectivity index (χ0) is 16.8. The number of amides is 1. The molecule has 1 aromatic heterocycles. The van der Waals surface area contributed by atoms with Crippen LogP contribution >= 0.6 is 0 Å². The molecule has 0 bridgehead atoms. The Kier molecular flexibility index (Phi) is 5.41. The molecule has 4 nitrogen and oxygen atoms in total. The summed E-state index contributed by atoms with van der Waals surface area (Å²) in [6.07, 6.45) is 9.33. The number of carbonyl (C=O) groups excluding carboxylic acids is 1. The number of aromatic nitrogens is 1. The highest BCUT2D eigenvalue weighted by Gasteiger charge is 2.12. The number of anilines is 2. The molecule has 24 heavy (non-hydrogen) atoms. The molecule has 0 radical (unpaired) electrons. The number of benzene rings is 1. The highest BCUT2D eigenvalue weighted by atomic mass is 19.1. The van der Waals surface area contributed by atoms with Crippen molar-refractivity contribution in [3.8, 4) is 0 Å². The fourth-order valence-electron chi connectivity index (χ4n) is 3.00. The largest absolute Gasteiger partial charge is 0.381 e. The van der Waals surface area contributed by atoms with Gasteiger partial charge in [-0.1, -0.05) is 25.7 Å². The topological polar surface area (TPSA) is 54.0 Å².